The van der Waals surface area contributed by atoms with Gasteiger partial charge >= 0.3 is 0 Å². The van der Waals surface area contributed by atoms with Crippen LogP contribution in [0.2, 0.25) is 10.1 Å². The van der Waals surface area contributed by atoms with Gasteiger partial charge in [0, 0.05) is 73.2 Å². The summed E-state index contributed by atoms with van der Waals surface area (Å²) < 4.78 is 14.6. The lowest BCUT2D eigenvalue weighted by Crippen LogP contribution is -2.72. The molecule has 14 aromatic rings. The summed E-state index contributed by atoms with van der Waals surface area (Å²) in [5.74, 6) is 2.68. The maximum absolute atomic E-state index is 7.34. The van der Waals surface area contributed by atoms with Gasteiger partial charge in [0.2, 0.25) is 0 Å². The molecule has 4 bridgehead atoms. The highest BCUT2D eigenvalue weighted by Gasteiger charge is 2.63. The molecule has 2 aromatic heterocycles. The minimum absolute atomic E-state index is 0.0333. The van der Waals surface area contributed by atoms with Crippen molar-refractivity contribution >= 4 is 125 Å². The summed E-state index contributed by atoms with van der Waals surface area (Å²) in [5, 5.41) is 13.3. The SMILES string of the molecule is Cc1cccc(N(c2ccc([Si](c3ccccc3)(c3ccccc3)C(C)(C)C)cc2)c2ccc3c(c2)oc2ccc4c(c23)-c2ccc3oc5cc(N(c6ccc([Si](c7ccccc7)(c7ccccc7)C(C)(C)C)cc6)c6cccc(C)c6)ccc5c3c2C42C3CC4CC(C3)CC2C4)c1. The molecule has 482 valence electrons. The molecular weight excluding hydrogens is 1220 g/mol. The van der Waals surface area contributed by atoms with E-state index >= 15 is 0 Å². The summed E-state index contributed by atoms with van der Waals surface area (Å²) in [7, 11) is -5.17. The summed E-state index contributed by atoms with van der Waals surface area (Å²) in [4.78, 5) is 4.87. The fourth-order valence-electron chi connectivity index (χ4n) is 20.7. The lowest BCUT2D eigenvalue weighted by molar-refractivity contribution is -0.0393. The molecule has 19 rings (SSSR count). The Kier molecular flexibility index (Phi) is 14.0. The zero-order valence-electron chi connectivity index (χ0n) is 57.6. The van der Waals surface area contributed by atoms with Crippen molar-refractivity contribution in [3.8, 4) is 11.1 Å². The van der Waals surface area contributed by atoms with Crippen molar-refractivity contribution in [2.24, 2.45) is 23.7 Å². The van der Waals surface area contributed by atoms with Gasteiger partial charge in [0.15, 0.2) is 16.1 Å². The fourth-order valence-corrected chi connectivity index (χ4v) is 32.0. The van der Waals surface area contributed by atoms with E-state index in [0.29, 0.717) is 11.8 Å². The lowest BCUT2D eigenvalue weighted by atomic mass is 9.43. The maximum Gasteiger partial charge on any atom is 0.153 e. The van der Waals surface area contributed by atoms with E-state index in [9.17, 15) is 0 Å². The molecule has 0 unspecified atom stereocenters. The van der Waals surface area contributed by atoms with Crippen LogP contribution in [0, 0.1) is 37.5 Å². The molecule has 2 heterocycles. The van der Waals surface area contributed by atoms with Crippen LogP contribution in [0.1, 0.15) is 95.9 Å². The van der Waals surface area contributed by atoms with E-state index in [-0.39, 0.29) is 15.5 Å². The Morgan fingerprint density at radius 3 is 1.11 bits per heavy atom. The Hall–Kier alpha value is -9.73. The third-order valence-electron chi connectivity index (χ3n) is 24.0. The van der Waals surface area contributed by atoms with Gasteiger partial charge in [0.1, 0.15) is 22.3 Å². The van der Waals surface area contributed by atoms with E-state index in [4.69, 9.17) is 8.83 Å². The number of nitrogens with zero attached hydrogens (tertiary/aromatic N) is 2. The molecule has 98 heavy (non-hydrogen) atoms. The quantitative estimate of drug-likeness (QED) is 0.0901. The monoisotopic (exact) mass is 1300 g/mol. The molecule has 4 saturated carbocycles. The number of hydrogen-bond donors (Lipinski definition) is 0. The topological polar surface area (TPSA) is 32.8 Å². The lowest BCUT2D eigenvalue weighted by Gasteiger charge is -2.61. The molecule has 6 heteroatoms. The minimum atomic E-state index is -2.59. The van der Waals surface area contributed by atoms with Gasteiger partial charge in [-0.15, -0.1) is 0 Å². The van der Waals surface area contributed by atoms with Gasteiger partial charge in [-0.1, -0.05) is 224 Å². The van der Waals surface area contributed by atoms with Crippen molar-refractivity contribution in [2.45, 2.75) is 103 Å². The summed E-state index contributed by atoms with van der Waals surface area (Å²) in [6.07, 6.45) is 6.52. The van der Waals surface area contributed by atoms with Crippen LogP contribution >= 0.6 is 0 Å². The van der Waals surface area contributed by atoms with E-state index in [1.54, 1.807) is 0 Å². The van der Waals surface area contributed by atoms with Crippen LogP contribution in [0.4, 0.5) is 34.1 Å². The average molecular weight is 1310 g/mol. The summed E-state index contributed by atoms with van der Waals surface area (Å²) >= 11 is 0. The summed E-state index contributed by atoms with van der Waals surface area (Å²) in [5.41, 5.74) is 18.4. The van der Waals surface area contributed by atoms with Gasteiger partial charge in [-0.2, -0.15) is 0 Å². The van der Waals surface area contributed by atoms with E-state index in [2.05, 4.69) is 344 Å². The number of aryl methyl sites for hydroxylation is 2. The molecule has 1 spiro atoms. The minimum Gasteiger partial charge on any atom is -0.456 e. The van der Waals surface area contributed by atoms with Crippen LogP contribution < -0.4 is 40.9 Å². The smallest absolute Gasteiger partial charge is 0.153 e. The van der Waals surface area contributed by atoms with Gasteiger partial charge in [-0.05, 0) is 229 Å². The number of hydrogen-bond acceptors (Lipinski definition) is 4. The van der Waals surface area contributed by atoms with Crippen LogP contribution in [-0.4, -0.2) is 16.1 Å². The van der Waals surface area contributed by atoms with Gasteiger partial charge in [0.05, 0.1) is 0 Å². The van der Waals surface area contributed by atoms with Crippen molar-refractivity contribution in [2.75, 3.05) is 9.80 Å². The number of rotatable bonds is 12. The molecular formula is C92H84N2O2Si2. The molecule has 0 atom stereocenters. The van der Waals surface area contributed by atoms with Crippen LogP contribution in [-0.2, 0) is 5.41 Å². The zero-order valence-corrected chi connectivity index (χ0v) is 59.6. The molecule has 0 aliphatic heterocycles. The van der Waals surface area contributed by atoms with Crippen molar-refractivity contribution < 1.29 is 8.83 Å². The van der Waals surface area contributed by atoms with E-state index in [0.717, 1.165) is 73.7 Å². The second-order valence-electron chi connectivity index (χ2n) is 31.4. The van der Waals surface area contributed by atoms with Crippen molar-refractivity contribution in [1.29, 1.82) is 0 Å². The number of benzene rings is 12. The number of fused-ring (bicyclic) bond motifs is 11. The van der Waals surface area contributed by atoms with Gasteiger partial charge < -0.3 is 18.6 Å². The first-order valence-electron chi connectivity index (χ1n) is 35.8. The van der Waals surface area contributed by atoms with Crippen LogP contribution in [0.25, 0.3) is 55.0 Å². The Bertz CT molecular complexity index is 5280. The molecule has 0 radical (unpaired) electrons. The van der Waals surface area contributed by atoms with E-state index in [1.807, 2.05) is 0 Å². The van der Waals surface area contributed by atoms with Crippen molar-refractivity contribution in [1.82, 2.24) is 0 Å². The van der Waals surface area contributed by atoms with Gasteiger partial charge in [-0.3, -0.25) is 0 Å². The average Bonchev–Trinajstić information content (AvgIpc) is 1.48. The standard InChI is InChI=1S/C92H84N2O2Si2/c1-60-23-21-25-68(51-60)93(66-35-41-76(42-36-66)97(90(3,4)5,72-27-13-9-14-28-72)73-29-15-10-16-30-73)70-39-45-78-84(58-70)95-82-50-48-81-86(87(78)82)80-47-49-83-88(89(80)92(81)64-54-62-53-63(56-64)57-65(92)55-62)79-46-40-71(59-85(79)96-83)94(69-26-22-24-61(2)52-69)67-37-43-77(44-38-67)98(91(6,7)8,74-31-17-11-18-32-74)75-33-19-12-20-34-75/h9-52,58-59,62-65H,53-57H2,1-8H3. The first-order chi connectivity index (χ1) is 47.6. The summed E-state index contributed by atoms with van der Waals surface area (Å²) in [6, 6.07) is 106. The molecule has 12 aromatic carbocycles. The fraction of sp³-hybridized carbons (Fsp3) is 0.217. The Morgan fingerprint density at radius 1 is 0.337 bits per heavy atom. The van der Waals surface area contributed by atoms with Crippen LogP contribution in [0.5, 0.6) is 0 Å². The number of furan rings is 2. The van der Waals surface area contributed by atoms with Crippen LogP contribution in [0.15, 0.2) is 288 Å². The highest BCUT2D eigenvalue weighted by Crippen LogP contribution is 2.71. The first kappa shape index (κ1) is 60.7. The summed E-state index contributed by atoms with van der Waals surface area (Å²) in [6.45, 7) is 19.1. The second-order valence-corrected chi connectivity index (χ2v) is 40.8. The molecule has 4 fully saturated rings. The molecule has 5 aliphatic rings. The maximum atomic E-state index is 7.34. The second kappa shape index (κ2) is 22.7. The Balaban J connectivity index is 0.778. The molecule has 0 saturated heterocycles. The Morgan fingerprint density at radius 2 is 0.704 bits per heavy atom. The predicted molar refractivity (Wildman–Crippen MR) is 418 cm³/mol. The predicted octanol–water partition coefficient (Wildman–Crippen LogP) is 21.3. The number of anilines is 6. The highest BCUT2D eigenvalue weighted by atomic mass is 28.3. The third-order valence-corrected chi connectivity index (χ3v) is 35.7. The first-order valence-corrected chi connectivity index (χ1v) is 39.8. The van der Waals surface area contributed by atoms with Gasteiger partial charge in [0.25, 0.3) is 0 Å². The zero-order chi connectivity index (χ0) is 66.5. The Labute approximate surface area is 579 Å². The van der Waals surface area contributed by atoms with Crippen molar-refractivity contribution in [3.63, 3.8) is 0 Å². The molecule has 0 amide bonds. The van der Waals surface area contributed by atoms with E-state index < -0.39 is 16.1 Å². The molecule has 4 nitrogen and oxygen atoms in total. The van der Waals surface area contributed by atoms with Gasteiger partial charge in [-0.25, -0.2) is 0 Å². The molecule has 5 aliphatic carbocycles. The highest BCUT2D eigenvalue weighted by molar-refractivity contribution is 7.14. The van der Waals surface area contributed by atoms with E-state index in [1.165, 1.54) is 113 Å². The largest absolute Gasteiger partial charge is 0.456 e. The van der Waals surface area contributed by atoms with Crippen molar-refractivity contribution in [3.05, 3.63) is 301 Å². The third kappa shape index (κ3) is 8.98. The van der Waals surface area contributed by atoms with Crippen LogP contribution in [0.3, 0.4) is 0 Å². The normalized spacial score (nSPS) is 18.9. The molecule has 0 N–H and O–H groups in total.